The first-order valence-corrected chi connectivity index (χ1v) is 6.19. The maximum Gasteiger partial charge on any atom is 0.119 e. The summed E-state index contributed by atoms with van der Waals surface area (Å²) in [7, 11) is 0. The van der Waals surface area contributed by atoms with Crippen molar-refractivity contribution in [1.29, 1.82) is 0 Å². The third-order valence-electron chi connectivity index (χ3n) is 2.93. The topological polar surface area (TPSA) is 35.2 Å². The molecule has 94 valence electrons. The quantitative estimate of drug-likeness (QED) is 0.887. The molecule has 2 aromatic rings. The standard InChI is InChI=1S/C16H19NO/c1-12-3-5-14(6-4-12)11-18-16-9-7-15(8-10-16)13(2)17/h3-10,13H,11,17H2,1-2H3/t13-/m1/s1. The Morgan fingerprint density at radius 2 is 1.61 bits per heavy atom. The number of ether oxygens (including phenoxy) is 1. The third kappa shape index (κ3) is 3.34. The predicted octanol–water partition coefficient (Wildman–Crippen LogP) is 3.59. The molecular formula is C16H19NO. The molecule has 0 aliphatic carbocycles. The molecule has 2 heteroatoms. The fraction of sp³-hybridized carbons (Fsp3) is 0.250. The van der Waals surface area contributed by atoms with Gasteiger partial charge in [0.15, 0.2) is 0 Å². The van der Waals surface area contributed by atoms with Crippen LogP contribution in [0.5, 0.6) is 5.75 Å². The molecule has 0 radical (unpaired) electrons. The lowest BCUT2D eigenvalue weighted by Crippen LogP contribution is -2.04. The Balaban J connectivity index is 1.95. The average molecular weight is 241 g/mol. The molecule has 0 heterocycles. The second-order valence-corrected chi connectivity index (χ2v) is 4.63. The van der Waals surface area contributed by atoms with Crippen LogP contribution in [0.3, 0.4) is 0 Å². The summed E-state index contributed by atoms with van der Waals surface area (Å²) in [6, 6.07) is 16.4. The number of hydrogen-bond donors (Lipinski definition) is 1. The smallest absolute Gasteiger partial charge is 0.119 e. The van der Waals surface area contributed by atoms with Crippen molar-refractivity contribution >= 4 is 0 Å². The number of hydrogen-bond acceptors (Lipinski definition) is 2. The molecule has 0 saturated carbocycles. The lowest BCUT2D eigenvalue weighted by Gasteiger charge is -2.09. The molecule has 1 atom stereocenters. The van der Waals surface area contributed by atoms with Gasteiger partial charge in [0.25, 0.3) is 0 Å². The zero-order valence-corrected chi connectivity index (χ0v) is 10.9. The molecule has 0 aliphatic heterocycles. The molecule has 0 bridgehead atoms. The van der Waals surface area contributed by atoms with Gasteiger partial charge in [0.2, 0.25) is 0 Å². The fourth-order valence-electron chi connectivity index (χ4n) is 1.72. The molecule has 0 amide bonds. The summed E-state index contributed by atoms with van der Waals surface area (Å²) in [5.74, 6) is 0.875. The number of aryl methyl sites for hydroxylation is 1. The molecule has 2 nitrogen and oxygen atoms in total. The van der Waals surface area contributed by atoms with Crippen LogP contribution >= 0.6 is 0 Å². The van der Waals surface area contributed by atoms with E-state index in [1.54, 1.807) is 0 Å². The van der Waals surface area contributed by atoms with Gasteiger partial charge in [0.1, 0.15) is 12.4 Å². The average Bonchev–Trinajstić information content (AvgIpc) is 2.38. The van der Waals surface area contributed by atoms with E-state index in [1.807, 2.05) is 31.2 Å². The molecule has 2 N–H and O–H groups in total. The van der Waals surface area contributed by atoms with E-state index in [9.17, 15) is 0 Å². The summed E-state index contributed by atoms with van der Waals surface area (Å²) in [5.41, 5.74) is 9.37. The van der Waals surface area contributed by atoms with Crippen LogP contribution < -0.4 is 10.5 Å². The molecule has 0 aromatic heterocycles. The van der Waals surface area contributed by atoms with Crippen LogP contribution in [0.25, 0.3) is 0 Å². The predicted molar refractivity (Wildman–Crippen MR) is 74.6 cm³/mol. The van der Waals surface area contributed by atoms with Crippen LogP contribution in [0, 0.1) is 6.92 Å². The van der Waals surface area contributed by atoms with Crippen molar-refractivity contribution in [3.8, 4) is 5.75 Å². The Morgan fingerprint density at radius 1 is 1.00 bits per heavy atom. The Kier molecular flexibility index (Phi) is 4.00. The SMILES string of the molecule is Cc1ccc(COc2ccc([C@@H](C)N)cc2)cc1. The first kappa shape index (κ1) is 12.7. The van der Waals surface area contributed by atoms with Crippen LogP contribution in [0.1, 0.15) is 29.7 Å². The molecule has 2 aromatic carbocycles. The summed E-state index contributed by atoms with van der Waals surface area (Å²) >= 11 is 0. The van der Waals surface area contributed by atoms with Gasteiger partial charge in [-0.1, -0.05) is 42.0 Å². The zero-order valence-electron chi connectivity index (χ0n) is 10.9. The Morgan fingerprint density at radius 3 is 2.17 bits per heavy atom. The summed E-state index contributed by atoms with van der Waals surface area (Å²) < 4.78 is 5.73. The Bertz CT molecular complexity index is 486. The van der Waals surface area contributed by atoms with Crippen molar-refractivity contribution in [3.05, 3.63) is 65.2 Å². The second kappa shape index (κ2) is 5.69. The molecule has 0 fully saturated rings. The normalized spacial score (nSPS) is 12.2. The molecule has 0 aliphatic rings. The summed E-state index contributed by atoms with van der Waals surface area (Å²) in [6.45, 7) is 4.65. The van der Waals surface area contributed by atoms with Crippen LogP contribution in [0.15, 0.2) is 48.5 Å². The number of rotatable bonds is 4. The first-order chi connectivity index (χ1) is 8.65. The highest BCUT2D eigenvalue weighted by Crippen LogP contribution is 2.17. The van der Waals surface area contributed by atoms with Crippen molar-refractivity contribution in [2.24, 2.45) is 5.73 Å². The van der Waals surface area contributed by atoms with Gasteiger partial charge in [-0.3, -0.25) is 0 Å². The Labute approximate surface area is 108 Å². The van der Waals surface area contributed by atoms with E-state index in [-0.39, 0.29) is 6.04 Å². The van der Waals surface area contributed by atoms with Crippen LogP contribution in [0.2, 0.25) is 0 Å². The van der Waals surface area contributed by atoms with E-state index in [1.165, 1.54) is 11.1 Å². The second-order valence-electron chi connectivity index (χ2n) is 4.63. The van der Waals surface area contributed by atoms with Crippen LogP contribution in [-0.4, -0.2) is 0 Å². The minimum Gasteiger partial charge on any atom is -0.489 e. The van der Waals surface area contributed by atoms with Gasteiger partial charge in [-0.15, -0.1) is 0 Å². The van der Waals surface area contributed by atoms with E-state index in [2.05, 4.69) is 31.2 Å². The van der Waals surface area contributed by atoms with Crippen molar-refractivity contribution in [2.75, 3.05) is 0 Å². The van der Waals surface area contributed by atoms with Gasteiger partial charge >= 0.3 is 0 Å². The van der Waals surface area contributed by atoms with Crippen molar-refractivity contribution in [3.63, 3.8) is 0 Å². The minimum absolute atomic E-state index is 0.0659. The third-order valence-corrected chi connectivity index (χ3v) is 2.93. The molecule has 18 heavy (non-hydrogen) atoms. The van der Waals surface area contributed by atoms with Crippen LogP contribution in [0.4, 0.5) is 0 Å². The van der Waals surface area contributed by atoms with E-state index in [0.717, 1.165) is 11.3 Å². The highest BCUT2D eigenvalue weighted by atomic mass is 16.5. The largest absolute Gasteiger partial charge is 0.489 e. The van der Waals surface area contributed by atoms with Gasteiger partial charge in [-0.2, -0.15) is 0 Å². The van der Waals surface area contributed by atoms with Gasteiger partial charge in [-0.05, 0) is 37.1 Å². The Hall–Kier alpha value is -1.80. The first-order valence-electron chi connectivity index (χ1n) is 6.19. The van der Waals surface area contributed by atoms with Gasteiger partial charge in [0.05, 0.1) is 0 Å². The maximum atomic E-state index is 5.80. The number of nitrogens with two attached hydrogens (primary N) is 1. The van der Waals surface area contributed by atoms with E-state index in [4.69, 9.17) is 10.5 Å². The summed E-state index contributed by atoms with van der Waals surface area (Å²) in [6.07, 6.45) is 0. The van der Waals surface area contributed by atoms with Gasteiger partial charge in [0, 0.05) is 6.04 Å². The molecule has 2 rings (SSSR count). The minimum atomic E-state index is 0.0659. The van der Waals surface area contributed by atoms with E-state index in [0.29, 0.717) is 6.61 Å². The van der Waals surface area contributed by atoms with E-state index >= 15 is 0 Å². The van der Waals surface area contributed by atoms with Gasteiger partial charge in [-0.25, -0.2) is 0 Å². The number of benzene rings is 2. The maximum absolute atomic E-state index is 5.80. The zero-order chi connectivity index (χ0) is 13.0. The van der Waals surface area contributed by atoms with Crippen LogP contribution in [-0.2, 0) is 6.61 Å². The lowest BCUT2D eigenvalue weighted by atomic mass is 10.1. The fourth-order valence-corrected chi connectivity index (χ4v) is 1.72. The summed E-state index contributed by atoms with van der Waals surface area (Å²) in [4.78, 5) is 0. The lowest BCUT2D eigenvalue weighted by molar-refractivity contribution is 0.306. The monoisotopic (exact) mass is 241 g/mol. The highest BCUT2D eigenvalue weighted by molar-refractivity contribution is 5.29. The molecule has 0 spiro atoms. The van der Waals surface area contributed by atoms with Crippen molar-refractivity contribution in [1.82, 2.24) is 0 Å². The highest BCUT2D eigenvalue weighted by Gasteiger charge is 2.00. The van der Waals surface area contributed by atoms with Gasteiger partial charge < -0.3 is 10.5 Å². The summed E-state index contributed by atoms with van der Waals surface area (Å²) in [5, 5.41) is 0. The van der Waals surface area contributed by atoms with Crippen molar-refractivity contribution < 1.29 is 4.74 Å². The van der Waals surface area contributed by atoms with Crippen molar-refractivity contribution in [2.45, 2.75) is 26.5 Å². The van der Waals surface area contributed by atoms with E-state index < -0.39 is 0 Å². The molecular weight excluding hydrogens is 222 g/mol. The molecule has 0 saturated heterocycles. The molecule has 0 unspecified atom stereocenters.